The van der Waals surface area contributed by atoms with Gasteiger partial charge >= 0.3 is 6.03 Å². The molecular formula is C23H24N6O4. The second-order valence-electron chi connectivity index (χ2n) is 7.82. The van der Waals surface area contributed by atoms with E-state index in [1.807, 2.05) is 36.5 Å². The summed E-state index contributed by atoms with van der Waals surface area (Å²) in [6.45, 7) is 1.89. The minimum atomic E-state index is -0.478. The van der Waals surface area contributed by atoms with E-state index >= 15 is 0 Å². The van der Waals surface area contributed by atoms with Gasteiger partial charge in [-0.25, -0.2) is 9.48 Å². The number of amides is 3. The SMILES string of the molecule is NC(=O)N1CCCN(C(=O)Cc2cn(-c3ccccc3)nc2-c2ccc([N+](=O)[O-])cc2)CC1. The number of nitrogens with zero attached hydrogens (tertiary/aromatic N) is 5. The number of hydrogen-bond donors (Lipinski definition) is 1. The van der Waals surface area contributed by atoms with E-state index in [1.165, 1.54) is 12.1 Å². The molecule has 0 bridgehead atoms. The van der Waals surface area contributed by atoms with Crippen molar-refractivity contribution in [2.24, 2.45) is 5.73 Å². The molecule has 0 atom stereocenters. The van der Waals surface area contributed by atoms with Crippen LogP contribution >= 0.6 is 0 Å². The monoisotopic (exact) mass is 448 g/mol. The first-order valence-electron chi connectivity index (χ1n) is 10.6. The highest BCUT2D eigenvalue weighted by Gasteiger charge is 2.23. The normalized spacial score (nSPS) is 14.1. The van der Waals surface area contributed by atoms with Crippen LogP contribution in [0.3, 0.4) is 0 Å². The van der Waals surface area contributed by atoms with Crippen LogP contribution in [0.25, 0.3) is 16.9 Å². The molecule has 0 radical (unpaired) electrons. The molecule has 1 saturated heterocycles. The molecule has 1 aromatic heterocycles. The van der Waals surface area contributed by atoms with Crippen LogP contribution in [0.4, 0.5) is 10.5 Å². The van der Waals surface area contributed by atoms with E-state index in [9.17, 15) is 19.7 Å². The Balaban J connectivity index is 1.62. The lowest BCUT2D eigenvalue weighted by Crippen LogP contribution is -2.40. The summed E-state index contributed by atoms with van der Waals surface area (Å²) in [4.78, 5) is 38.5. The molecule has 0 unspecified atom stereocenters. The van der Waals surface area contributed by atoms with Crippen LogP contribution in [0.5, 0.6) is 0 Å². The van der Waals surface area contributed by atoms with Crippen LogP contribution < -0.4 is 5.73 Å². The van der Waals surface area contributed by atoms with Crippen molar-refractivity contribution in [2.75, 3.05) is 26.2 Å². The Morgan fingerprint density at radius 2 is 1.64 bits per heavy atom. The molecule has 10 heteroatoms. The zero-order valence-electron chi connectivity index (χ0n) is 18.0. The molecule has 33 heavy (non-hydrogen) atoms. The van der Waals surface area contributed by atoms with E-state index in [2.05, 4.69) is 5.10 Å². The van der Waals surface area contributed by atoms with E-state index in [-0.39, 0.29) is 18.0 Å². The van der Waals surface area contributed by atoms with Gasteiger partial charge in [0.15, 0.2) is 0 Å². The summed E-state index contributed by atoms with van der Waals surface area (Å²) in [6.07, 6.45) is 2.60. The van der Waals surface area contributed by atoms with E-state index in [1.54, 1.807) is 26.6 Å². The van der Waals surface area contributed by atoms with Gasteiger partial charge in [-0.2, -0.15) is 5.10 Å². The Bertz CT molecular complexity index is 1160. The van der Waals surface area contributed by atoms with Gasteiger partial charge < -0.3 is 15.5 Å². The highest BCUT2D eigenvalue weighted by Crippen LogP contribution is 2.26. The van der Waals surface area contributed by atoms with Gasteiger partial charge in [0.25, 0.3) is 5.69 Å². The highest BCUT2D eigenvalue weighted by atomic mass is 16.6. The second kappa shape index (κ2) is 9.51. The number of aromatic nitrogens is 2. The van der Waals surface area contributed by atoms with Crippen molar-refractivity contribution in [2.45, 2.75) is 12.8 Å². The molecule has 170 valence electrons. The Morgan fingerprint density at radius 1 is 0.970 bits per heavy atom. The molecule has 1 aliphatic heterocycles. The van der Waals surface area contributed by atoms with Crippen LogP contribution in [-0.2, 0) is 11.2 Å². The summed E-state index contributed by atoms with van der Waals surface area (Å²) in [5.74, 6) is -0.0721. The van der Waals surface area contributed by atoms with Crippen molar-refractivity contribution in [1.82, 2.24) is 19.6 Å². The third-order valence-corrected chi connectivity index (χ3v) is 5.66. The molecule has 0 aliphatic carbocycles. The average molecular weight is 448 g/mol. The summed E-state index contributed by atoms with van der Waals surface area (Å²) < 4.78 is 1.70. The van der Waals surface area contributed by atoms with Crippen molar-refractivity contribution in [3.63, 3.8) is 0 Å². The van der Waals surface area contributed by atoms with Crippen LogP contribution in [-0.4, -0.2) is 62.6 Å². The predicted octanol–water partition coefficient (Wildman–Crippen LogP) is 2.60. The summed E-state index contributed by atoms with van der Waals surface area (Å²) in [6, 6.07) is 15.2. The molecular weight excluding hydrogens is 424 g/mol. The summed E-state index contributed by atoms with van der Waals surface area (Å²) in [5, 5.41) is 15.7. The maximum Gasteiger partial charge on any atom is 0.314 e. The van der Waals surface area contributed by atoms with Gasteiger partial charge in [-0.15, -0.1) is 0 Å². The Kier molecular flexibility index (Phi) is 6.34. The number of hydrogen-bond acceptors (Lipinski definition) is 5. The molecule has 1 fully saturated rings. The molecule has 3 amide bonds. The molecule has 0 saturated carbocycles. The van der Waals surface area contributed by atoms with E-state index in [0.717, 1.165) is 5.69 Å². The van der Waals surface area contributed by atoms with Crippen LogP contribution in [0.2, 0.25) is 0 Å². The first-order valence-corrected chi connectivity index (χ1v) is 10.6. The molecule has 0 spiro atoms. The van der Waals surface area contributed by atoms with Crippen LogP contribution in [0.1, 0.15) is 12.0 Å². The zero-order valence-corrected chi connectivity index (χ0v) is 18.0. The van der Waals surface area contributed by atoms with Gasteiger partial charge in [0.05, 0.1) is 22.7 Å². The van der Waals surface area contributed by atoms with Crippen molar-refractivity contribution in [3.8, 4) is 16.9 Å². The van der Waals surface area contributed by atoms with Gasteiger partial charge in [0.2, 0.25) is 5.91 Å². The number of nitro groups is 1. The van der Waals surface area contributed by atoms with Crippen molar-refractivity contribution >= 4 is 17.6 Å². The molecule has 3 aromatic rings. The highest BCUT2D eigenvalue weighted by molar-refractivity contribution is 5.81. The van der Waals surface area contributed by atoms with Gasteiger partial charge in [-0.1, -0.05) is 18.2 Å². The first-order chi connectivity index (χ1) is 15.9. The smallest absolute Gasteiger partial charge is 0.314 e. The quantitative estimate of drug-likeness (QED) is 0.474. The predicted molar refractivity (Wildman–Crippen MR) is 122 cm³/mol. The maximum absolute atomic E-state index is 13.1. The van der Waals surface area contributed by atoms with E-state index < -0.39 is 11.0 Å². The molecule has 4 rings (SSSR count). The maximum atomic E-state index is 13.1. The second-order valence-corrected chi connectivity index (χ2v) is 7.82. The number of primary amides is 1. The lowest BCUT2D eigenvalue weighted by atomic mass is 10.0. The fourth-order valence-electron chi connectivity index (χ4n) is 3.90. The Hall–Kier alpha value is -4.21. The minimum absolute atomic E-state index is 0.0116. The zero-order chi connectivity index (χ0) is 23.4. The summed E-state index contributed by atoms with van der Waals surface area (Å²) >= 11 is 0. The Labute approximate surface area is 190 Å². The lowest BCUT2D eigenvalue weighted by Gasteiger charge is -2.21. The first kappa shape index (κ1) is 22.0. The minimum Gasteiger partial charge on any atom is -0.351 e. The topological polar surface area (TPSA) is 128 Å². The number of urea groups is 1. The summed E-state index contributed by atoms with van der Waals surface area (Å²) in [5.41, 5.74) is 8.21. The Morgan fingerprint density at radius 3 is 2.30 bits per heavy atom. The molecule has 2 aromatic carbocycles. The van der Waals surface area contributed by atoms with Crippen molar-refractivity contribution in [3.05, 3.63) is 76.5 Å². The largest absolute Gasteiger partial charge is 0.351 e. The molecule has 2 N–H and O–H groups in total. The number of carbonyl (C=O) groups is 2. The molecule has 1 aliphatic rings. The number of carbonyl (C=O) groups excluding carboxylic acids is 2. The lowest BCUT2D eigenvalue weighted by molar-refractivity contribution is -0.384. The number of nitro benzene ring substituents is 1. The number of non-ortho nitro benzene ring substituents is 1. The standard InChI is InChI=1S/C23H24N6O4/c24-23(31)27-12-4-11-26(13-14-27)21(30)15-18-16-28(19-5-2-1-3-6-19)25-22(18)17-7-9-20(10-8-17)29(32)33/h1-3,5-10,16H,4,11-15H2,(H2,24,31). The van der Waals surface area contributed by atoms with Crippen molar-refractivity contribution in [1.29, 1.82) is 0 Å². The van der Waals surface area contributed by atoms with Crippen molar-refractivity contribution < 1.29 is 14.5 Å². The third kappa shape index (κ3) is 5.00. The number of rotatable bonds is 5. The van der Waals surface area contributed by atoms with E-state index in [0.29, 0.717) is 49.4 Å². The van der Waals surface area contributed by atoms with Gasteiger partial charge in [0, 0.05) is 55.6 Å². The van der Waals surface area contributed by atoms with Crippen LogP contribution in [0.15, 0.2) is 60.8 Å². The summed E-state index contributed by atoms with van der Waals surface area (Å²) in [7, 11) is 0. The molecule has 10 nitrogen and oxygen atoms in total. The molecule has 2 heterocycles. The van der Waals surface area contributed by atoms with Crippen LogP contribution in [0, 0.1) is 10.1 Å². The van der Waals surface area contributed by atoms with Gasteiger partial charge in [-0.3, -0.25) is 14.9 Å². The van der Waals surface area contributed by atoms with Gasteiger partial charge in [0.1, 0.15) is 0 Å². The fourth-order valence-corrected chi connectivity index (χ4v) is 3.90. The van der Waals surface area contributed by atoms with E-state index in [4.69, 9.17) is 5.73 Å². The number of nitrogens with two attached hydrogens (primary N) is 1. The number of benzene rings is 2. The third-order valence-electron chi connectivity index (χ3n) is 5.66. The van der Waals surface area contributed by atoms with Gasteiger partial charge in [-0.05, 0) is 30.7 Å². The fraction of sp³-hybridized carbons (Fsp3) is 0.261. The number of para-hydroxylation sites is 1. The average Bonchev–Trinajstić information content (AvgIpc) is 3.06.